The summed E-state index contributed by atoms with van der Waals surface area (Å²) in [6.45, 7) is 13.0. The number of amides is 1. The maximum Gasteiger partial charge on any atom is 0.239 e. The van der Waals surface area contributed by atoms with Crippen molar-refractivity contribution in [3.05, 3.63) is 29.8 Å². The van der Waals surface area contributed by atoms with Gasteiger partial charge in [-0.1, -0.05) is 45.9 Å². The molecular weight excluding hydrogens is 248 g/mol. The highest BCUT2D eigenvalue weighted by Crippen LogP contribution is 2.28. The van der Waals surface area contributed by atoms with E-state index in [0.717, 1.165) is 12.1 Å². The van der Waals surface area contributed by atoms with Crippen LogP contribution in [0.1, 0.15) is 53.5 Å². The fourth-order valence-electron chi connectivity index (χ4n) is 1.98. The van der Waals surface area contributed by atoms with Gasteiger partial charge in [-0.05, 0) is 37.3 Å². The first kappa shape index (κ1) is 16.5. The highest BCUT2D eigenvalue weighted by Gasteiger charge is 2.19. The molecule has 0 unspecified atom stereocenters. The van der Waals surface area contributed by atoms with Crippen molar-refractivity contribution in [2.75, 3.05) is 11.9 Å². The molecule has 0 saturated carbocycles. The number of benzene rings is 1. The quantitative estimate of drug-likeness (QED) is 0.861. The van der Waals surface area contributed by atoms with Gasteiger partial charge in [0.05, 0.1) is 6.54 Å². The Morgan fingerprint density at radius 1 is 1.10 bits per heavy atom. The molecule has 0 heterocycles. The van der Waals surface area contributed by atoms with Gasteiger partial charge in [-0.25, -0.2) is 0 Å². The van der Waals surface area contributed by atoms with Gasteiger partial charge in [0.15, 0.2) is 0 Å². The van der Waals surface area contributed by atoms with Crippen LogP contribution in [0, 0.1) is 0 Å². The lowest BCUT2D eigenvalue weighted by molar-refractivity contribution is -0.121. The van der Waals surface area contributed by atoms with E-state index in [1.807, 2.05) is 32.0 Å². The van der Waals surface area contributed by atoms with Crippen LogP contribution in [0.25, 0.3) is 0 Å². The maximum atomic E-state index is 12.0. The Labute approximate surface area is 123 Å². The minimum atomic E-state index is -0.150. The van der Waals surface area contributed by atoms with E-state index >= 15 is 0 Å². The summed E-state index contributed by atoms with van der Waals surface area (Å²) in [4.78, 5) is 12.0. The predicted octanol–water partition coefficient (Wildman–Crippen LogP) is 3.70. The number of rotatable bonds is 5. The van der Waals surface area contributed by atoms with Crippen LogP contribution in [0.15, 0.2) is 24.3 Å². The summed E-state index contributed by atoms with van der Waals surface area (Å²) in [5.74, 6) is 0.0283. The van der Waals surface area contributed by atoms with E-state index in [1.165, 1.54) is 5.56 Å². The second kappa shape index (κ2) is 6.29. The molecule has 0 saturated heterocycles. The summed E-state index contributed by atoms with van der Waals surface area (Å²) >= 11 is 0. The van der Waals surface area contributed by atoms with Crippen LogP contribution in [0.4, 0.5) is 5.69 Å². The van der Waals surface area contributed by atoms with Crippen LogP contribution in [-0.2, 0) is 10.2 Å². The van der Waals surface area contributed by atoms with Gasteiger partial charge in [-0.2, -0.15) is 0 Å². The number of anilines is 1. The molecule has 1 amide bonds. The molecule has 3 heteroatoms. The molecule has 0 aromatic heterocycles. The summed E-state index contributed by atoms with van der Waals surface area (Å²) in [6.07, 6.45) is 0.914. The first-order chi connectivity index (χ1) is 9.15. The summed E-state index contributed by atoms with van der Waals surface area (Å²) in [6, 6.07) is 8.16. The number of carbonyl (C=O) groups is 1. The number of para-hydroxylation sites is 1. The fraction of sp³-hybridized carbons (Fsp3) is 0.588. The molecule has 1 aromatic rings. The van der Waals surface area contributed by atoms with Gasteiger partial charge < -0.3 is 10.6 Å². The number of hydrogen-bond acceptors (Lipinski definition) is 2. The summed E-state index contributed by atoms with van der Waals surface area (Å²) in [5, 5.41) is 6.29. The van der Waals surface area contributed by atoms with Crippen molar-refractivity contribution >= 4 is 11.6 Å². The molecule has 1 aromatic carbocycles. The van der Waals surface area contributed by atoms with E-state index in [2.05, 4.69) is 44.4 Å². The van der Waals surface area contributed by atoms with Gasteiger partial charge in [0, 0.05) is 11.2 Å². The van der Waals surface area contributed by atoms with Crippen LogP contribution in [-0.4, -0.2) is 18.0 Å². The first-order valence-corrected chi connectivity index (χ1v) is 7.30. The molecule has 0 bridgehead atoms. The monoisotopic (exact) mass is 276 g/mol. The Balaban J connectivity index is 2.70. The highest BCUT2D eigenvalue weighted by molar-refractivity contribution is 5.81. The van der Waals surface area contributed by atoms with Gasteiger partial charge in [0.1, 0.15) is 0 Å². The molecule has 0 spiro atoms. The lowest BCUT2D eigenvalue weighted by Gasteiger charge is -2.26. The van der Waals surface area contributed by atoms with Gasteiger partial charge >= 0.3 is 0 Å². The minimum Gasteiger partial charge on any atom is -0.376 e. The van der Waals surface area contributed by atoms with E-state index in [-0.39, 0.29) is 16.9 Å². The highest BCUT2D eigenvalue weighted by atomic mass is 16.2. The van der Waals surface area contributed by atoms with Gasteiger partial charge in [0.2, 0.25) is 5.91 Å². The van der Waals surface area contributed by atoms with E-state index in [9.17, 15) is 4.79 Å². The average molecular weight is 276 g/mol. The second-order valence-corrected chi connectivity index (χ2v) is 6.93. The molecule has 0 aliphatic rings. The molecule has 0 atom stereocenters. The van der Waals surface area contributed by atoms with Gasteiger partial charge in [-0.15, -0.1) is 0 Å². The minimum absolute atomic E-state index is 0.0283. The maximum absolute atomic E-state index is 12.0. The van der Waals surface area contributed by atoms with Gasteiger partial charge in [-0.3, -0.25) is 4.79 Å². The average Bonchev–Trinajstić information content (AvgIpc) is 2.35. The Kier molecular flexibility index (Phi) is 5.21. The van der Waals surface area contributed by atoms with Crippen molar-refractivity contribution in [3.63, 3.8) is 0 Å². The zero-order chi connectivity index (χ0) is 15.4. The molecule has 0 aliphatic carbocycles. The molecule has 0 radical (unpaired) electrons. The Morgan fingerprint density at radius 3 is 2.25 bits per heavy atom. The number of hydrogen-bond donors (Lipinski definition) is 2. The van der Waals surface area contributed by atoms with Crippen molar-refractivity contribution < 1.29 is 4.79 Å². The van der Waals surface area contributed by atoms with Crippen molar-refractivity contribution in [1.29, 1.82) is 0 Å². The zero-order valence-electron chi connectivity index (χ0n) is 13.6. The van der Waals surface area contributed by atoms with E-state index in [0.29, 0.717) is 6.54 Å². The molecule has 1 rings (SSSR count). The smallest absolute Gasteiger partial charge is 0.239 e. The number of carbonyl (C=O) groups excluding carboxylic acids is 1. The molecule has 112 valence electrons. The molecule has 0 aliphatic heterocycles. The fourth-order valence-corrected chi connectivity index (χ4v) is 1.98. The zero-order valence-corrected chi connectivity index (χ0v) is 13.6. The van der Waals surface area contributed by atoms with Crippen molar-refractivity contribution in [2.24, 2.45) is 0 Å². The Bertz CT molecular complexity index is 458. The third-order valence-corrected chi connectivity index (χ3v) is 3.54. The van der Waals surface area contributed by atoms with Crippen LogP contribution in [0.2, 0.25) is 0 Å². The van der Waals surface area contributed by atoms with E-state index in [1.54, 1.807) is 0 Å². The standard InChI is InChI=1S/C17H28N2O/c1-7-17(5,6)19-15(20)12-18-14-11-9-8-10-13(14)16(2,3)4/h8-11,18H,7,12H2,1-6H3,(H,19,20). The summed E-state index contributed by atoms with van der Waals surface area (Å²) in [7, 11) is 0. The van der Waals surface area contributed by atoms with Crippen molar-refractivity contribution in [1.82, 2.24) is 5.32 Å². The summed E-state index contributed by atoms with van der Waals surface area (Å²) < 4.78 is 0. The third-order valence-electron chi connectivity index (χ3n) is 3.54. The Hall–Kier alpha value is -1.51. The SMILES string of the molecule is CCC(C)(C)NC(=O)CNc1ccccc1C(C)(C)C. The largest absolute Gasteiger partial charge is 0.376 e. The molecular formula is C17H28N2O. The van der Waals surface area contributed by atoms with E-state index in [4.69, 9.17) is 0 Å². The number of nitrogens with one attached hydrogen (secondary N) is 2. The Morgan fingerprint density at radius 2 is 1.70 bits per heavy atom. The normalized spacial score (nSPS) is 12.1. The lowest BCUT2D eigenvalue weighted by atomic mass is 9.86. The van der Waals surface area contributed by atoms with Crippen LogP contribution >= 0.6 is 0 Å². The van der Waals surface area contributed by atoms with Gasteiger partial charge in [0.25, 0.3) is 0 Å². The predicted molar refractivity (Wildman–Crippen MR) is 86.1 cm³/mol. The van der Waals surface area contributed by atoms with Crippen molar-refractivity contribution in [3.8, 4) is 0 Å². The molecule has 2 N–H and O–H groups in total. The second-order valence-electron chi connectivity index (χ2n) is 6.93. The molecule has 3 nitrogen and oxygen atoms in total. The third kappa shape index (κ3) is 4.87. The topological polar surface area (TPSA) is 41.1 Å². The van der Waals surface area contributed by atoms with Crippen molar-refractivity contribution in [2.45, 2.75) is 58.9 Å². The molecule has 0 fully saturated rings. The van der Waals surface area contributed by atoms with Crippen LogP contribution in [0.5, 0.6) is 0 Å². The first-order valence-electron chi connectivity index (χ1n) is 7.30. The lowest BCUT2D eigenvalue weighted by Crippen LogP contribution is -2.45. The van der Waals surface area contributed by atoms with E-state index < -0.39 is 0 Å². The van der Waals surface area contributed by atoms with Crippen LogP contribution < -0.4 is 10.6 Å². The molecule has 20 heavy (non-hydrogen) atoms. The van der Waals surface area contributed by atoms with Crippen LogP contribution in [0.3, 0.4) is 0 Å². The summed E-state index contributed by atoms with van der Waals surface area (Å²) in [5.41, 5.74) is 2.16.